The van der Waals surface area contributed by atoms with Crippen LogP contribution in [0.5, 0.6) is 0 Å². The standard InChI is InChI=1S/C21H27N5O7/c1-10(2)6-7-22-19-14-20(24-8-23-19)26(9-25-14)21-18(32-13(5)29)17(31-12(4)28)16(33-21)15(30)11(3)27/h6,8-9,15-18,21,30H,7H2,1-5H3,(H,22,23,24)/t15?,16-,17-,18-,21-/m1/s1. The van der Waals surface area contributed by atoms with Crippen LogP contribution >= 0.6 is 0 Å². The van der Waals surface area contributed by atoms with E-state index < -0.39 is 48.4 Å². The Morgan fingerprint density at radius 2 is 1.79 bits per heavy atom. The highest BCUT2D eigenvalue weighted by molar-refractivity contribution is 5.83. The third-order valence-corrected chi connectivity index (χ3v) is 4.97. The molecular weight excluding hydrogens is 434 g/mol. The number of aliphatic hydroxyl groups excluding tert-OH is 1. The molecule has 0 bridgehead atoms. The minimum atomic E-state index is -1.61. The lowest BCUT2D eigenvalue weighted by molar-refractivity contribution is -0.167. The van der Waals surface area contributed by atoms with E-state index in [1.807, 2.05) is 19.9 Å². The van der Waals surface area contributed by atoms with E-state index in [2.05, 4.69) is 20.3 Å². The number of allylic oxidation sites excluding steroid dienone is 1. The van der Waals surface area contributed by atoms with Crippen LogP contribution in [0, 0.1) is 0 Å². The molecule has 1 aliphatic heterocycles. The summed E-state index contributed by atoms with van der Waals surface area (Å²) in [5.74, 6) is -1.46. The maximum atomic E-state index is 11.9. The number of ether oxygens (including phenoxy) is 3. The number of hydrogen-bond donors (Lipinski definition) is 2. The first-order valence-corrected chi connectivity index (χ1v) is 10.3. The number of aliphatic hydroxyl groups is 1. The number of Topliss-reactive ketones (excluding diaryl/α,β-unsaturated/α-hetero) is 1. The summed E-state index contributed by atoms with van der Waals surface area (Å²) in [5, 5.41) is 13.6. The number of nitrogens with one attached hydrogen (secondary N) is 1. The lowest BCUT2D eigenvalue weighted by atomic mass is 10.0. The van der Waals surface area contributed by atoms with Gasteiger partial charge in [-0.2, -0.15) is 0 Å². The van der Waals surface area contributed by atoms with E-state index in [0.717, 1.165) is 5.57 Å². The van der Waals surface area contributed by atoms with Crippen LogP contribution in [0.4, 0.5) is 5.82 Å². The van der Waals surface area contributed by atoms with Crippen molar-refractivity contribution in [1.29, 1.82) is 0 Å². The van der Waals surface area contributed by atoms with Gasteiger partial charge >= 0.3 is 11.9 Å². The average Bonchev–Trinajstić information content (AvgIpc) is 3.29. The summed E-state index contributed by atoms with van der Waals surface area (Å²) in [6, 6.07) is 0. The van der Waals surface area contributed by atoms with Crippen LogP contribution in [0.2, 0.25) is 0 Å². The quantitative estimate of drug-likeness (QED) is 0.426. The van der Waals surface area contributed by atoms with E-state index in [9.17, 15) is 19.5 Å². The summed E-state index contributed by atoms with van der Waals surface area (Å²) in [7, 11) is 0. The average molecular weight is 461 g/mol. The molecule has 0 amide bonds. The first-order valence-electron chi connectivity index (χ1n) is 10.3. The number of anilines is 1. The molecule has 0 spiro atoms. The van der Waals surface area contributed by atoms with Crippen LogP contribution < -0.4 is 5.32 Å². The van der Waals surface area contributed by atoms with Gasteiger partial charge in [0.05, 0.1) is 6.33 Å². The molecular formula is C21H27N5O7. The highest BCUT2D eigenvalue weighted by Crippen LogP contribution is 2.37. The number of esters is 2. The van der Waals surface area contributed by atoms with Gasteiger partial charge in [0.1, 0.15) is 18.5 Å². The Labute approximate surface area is 190 Å². The van der Waals surface area contributed by atoms with E-state index in [4.69, 9.17) is 14.2 Å². The van der Waals surface area contributed by atoms with Crippen molar-refractivity contribution in [2.75, 3.05) is 11.9 Å². The Morgan fingerprint density at radius 3 is 2.39 bits per heavy atom. The monoisotopic (exact) mass is 461 g/mol. The van der Waals surface area contributed by atoms with Crippen molar-refractivity contribution in [3.8, 4) is 0 Å². The molecule has 0 radical (unpaired) electrons. The molecule has 2 N–H and O–H groups in total. The topological polar surface area (TPSA) is 155 Å². The van der Waals surface area contributed by atoms with E-state index in [1.165, 1.54) is 38.0 Å². The van der Waals surface area contributed by atoms with Crippen LogP contribution in [0.15, 0.2) is 24.3 Å². The molecule has 3 rings (SSSR count). The summed E-state index contributed by atoms with van der Waals surface area (Å²) in [6.45, 7) is 8.01. The fourth-order valence-electron chi connectivity index (χ4n) is 3.54. The Kier molecular flexibility index (Phi) is 7.39. The summed E-state index contributed by atoms with van der Waals surface area (Å²) in [5.41, 5.74) is 1.92. The van der Waals surface area contributed by atoms with Crippen molar-refractivity contribution in [2.24, 2.45) is 0 Å². The van der Waals surface area contributed by atoms with Gasteiger partial charge in [-0.3, -0.25) is 19.0 Å². The summed E-state index contributed by atoms with van der Waals surface area (Å²) in [4.78, 5) is 48.3. The van der Waals surface area contributed by atoms with Crippen LogP contribution in [-0.2, 0) is 28.6 Å². The molecule has 1 aliphatic rings. The number of carbonyl (C=O) groups is 3. The third-order valence-electron chi connectivity index (χ3n) is 4.97. The molecule has 0 aromatic carbocycles. The number of hydrogen-bond acceptors (Lipinski definition) is 11. The second kappa shape index (κ2) is 10.0. The maximum Gasteiger partial charge on any atom is 0.303 e. The van der Waals surface area contributed by atoms with Crippen LogP contribution in [0.25, 0.3) is 11.2 Å². The molecule has 3 heterocycles. The van der Waals surface area contributed by atoms with Gasteiger partial charge in [-0.1, -0.05) is 11.6 Å². The highest BCUT2D eigenvalue weighted by Gasteiger charge is 2.53. The number of nitrogens with zero attached hydrogens (tertiary/aromatic N) is 4. The minimum Gasteiger partial charge on any atom is -0.455 e. The maximum absolute atomic E-state index is 11.9. The highest BCUT2D eigenvalue weighted by atomic mass is 16.6. The summed E-state index contributed by atoms with van der Waals surface area (Å²) >= 11 is 0. The van der Waals surface area contributed by atoms with Crippen LogP contribution in [0.1, 0.15) is 40.8 Å². The normalized spacial score (nSPS) is 23.1. The van der Waals surface area contributed by atoms with Crippen molar-refractivity contribution in [3.05, 3.63) is 24.3 Å². The van der Waals surface area contributed by atoms with Gasteiger partial charge in [-0.05, 0) is 20.8 Å². The van der Waals surface area contributed by atoms with Gasteiger partial charge in [-0.15, -0.1) is 0 Å². The van der Waals surface area contributed by atoms with E-state index in [0.29, 0.717) is 23.5 Å². The van der Waals surface area contributed by atoms with Gasteiger partial charge in [0.25, 0.3) is 0 Å². The van der Waals surface area contributed by atoms with E-state index in [-0.39, 0.29) is 0 Å². The number of aromatic nitrogens is 4. The summed E-state index contributed by atoms with van der Waals surface area (Å²) in [6.07, 6.45) is -1.61. The van der Waals surface area contributed by atoms with Gasteiger partial charge in [-0.25, -0.2) is 15.0 Å². The van der Waals surface area contributed by atoms with Gasteiger partial charge in [0.15, 0.2) is 41.2 Å². The SMILES string of the molecule is CC(=O)O[C@@H]1[C@H](OC(C)=O)[C@@H](C(O)C(C)=O)O[C@H]1n1cnc2c(NCC=C(C)C)ncnc21. The lowest BCUT2D eigenvalue weighted by Gasteiger charge is -2.24. The van der Waals surface area contributed by atoms with E-state index >= 15 is 0 Å². The second-order valence-electron chi connectivity index (χ2n) is 7.90. The zero-order valence-corrected chi connectivity index (χ0v) is 19.0. The fourth-order valence-corrected chi connectivity index (χ4v) is 3.54. The zero-order chi connectivity index (χ0) is 24.3. The lowest BCUT2D eigenvalue weighted by Crippen LogP contribution is -2.45. The van der Waals surface area contributed by atoms with Gasteiger partial charge in [0.2, 0.25) is 0 Å². The molecule has 0 aliphatic carbocycles. The second-order valence-corrected chi connectivity index (χ2v) is 7.90. The number of carbonyl (C=O) groups excluding carboxylic acids is 3. The van der Waals surface area contributed by atoms with Crippen molar-refractivity contribution in [2.45, 2.75) is 65.3 Å². The molecule has 2 aromatic heterocycles. The molecule has 12 heteroatoms. The number of imidazole rings is 1. The van der Waals surface area contributed by atoms with Crippen molar-refractivity contribution in [3.63, 3.8) is 0 Å². The molecule has 12 nitrogen and oxygen atoms in total. The van der Waals surface area contributed by atoms with Crippen molar-refractivity contribution in [1.82, 2.24) is 19.5 Å². The molecule has 5 atom stereocenters. The molecule has 178 valence electrons. The molecule has 1 fully saturated rings. The predicted octanol–water partition coefficient (Wildman–Crippen LogP) is 0.915. The van der Waals surface area contributed by atoms with Crippen molar-refractivity contribution >= 4 is 34.7 Å². The molecule has 33 heavy (non-hydrogen) atoms. The Balaban J connectivity index is 2.03. The Hall–Kier alpha value is -3.38. The fraction of sp³-hybridized carbons (Fsp3) is 0.524. The summed E-state index contributed by atoms with van der Waals surface area (Å²) < 4.78 is 18.1. The smallest absolute Gasteiger partial charge is 0.303 e. The Bertz CT molecular complexity index is 1080. The third kappa shape index (κ3) is 5.34. The molecule has 1 unspecified atom stereocenters. The largest absolute Gasteiger partial charge is 0.455 e. The number of ketones is 1. The van der Waals surface area contributed by atoms with Gasteiger partial charge < -0.3 is 24.6 Å². The number of rotatable bonds is 8. The molecule has 0 saturated carbocycles. The van der Waals surface area contributed by atoms with E-state index in [1.54, 1.807) is 0 Å². The zero-order valence-electron chi connectivity index (χ0n) is 19.0. The van der Waals surface area contributed by atoms with Crippen LogP contribution in [-0.4, -0.2) is 73.3 Å². The van der Waals surface area contributed by atoms with Crippen molar-refractivity contribution < 1.29 is 33.7 Å². The van der Waals surface area contributed by atoms with Crippen LogP contribution in [0.3, 0.4) is 0 Å². The predicted molar refractivity (Wildman–Crippen MR) is 115 cm³/mol. The first-order chi connectivity index (χ1) is 15.6. The Morgan fingerprint density at radius 1 is 1.12 bits per heavy atom. The van der Waals surface area contributed by atoms with Gasteiger partial charge in [0, 0.05) is 20.4 Å². The minimum absolute atomic E-state index is 0.353. The first kappa shape index (κ1) is 24.3. The molecule has 1 saturated heterocycles. The molecule has 2 aromatic rings. The number of fused-ring (bicyclic) bond motifs is 1.